The minimum atomic E-state index is 0.261. The van der Waals surface area contributed by atoms with Crippen molar-refractivity contribution in [3.63, 3.8) is 0 Å². The van der Waals surface area contributed by atoms with Gasteiger partial charge in [0.2, 0.25) is 0 Å². The van der Waals surface area contributed by atoms with Crippen LogP contribution >= 0.6 is 39.1 Å². The van der Waals surface area contributed by atoms with Crippen LogP contribution in [0, 0.1) is 0 Å². The Kier molecular flexibility index (Phi) is 5.27. The molecule has 2 aromatic rings. The number of ether oxygens (including phenoxy) is 1. The van der Waals surface area contributed by atoms with Gasteiger partial charge in [0.15, 0.2) is 6.73 Å². The highest BCUT2D eigenvalue weighted by atomic mass is 79.9. The summed E-state index contributed by atoms with van der Waals surface area (Å²) < 4.78 is 6.20. The molecular weight excluding hydrogens is 353 g/mol. The van der Waals surface area contributed by atoms with Crippen molar-refractivity contribution in [2.24, 2.45) is 0 Å². The Hall–Kier alpha value is -1.01. The molecule has 100 valence electrons. The Labute approximate surface area is 129 Å². The lowest BCUT2D eigenvalue weighted by Gasteiger charge is -2.10. The average molecular weight is 363 g/mol. The van der Waals surface area contributed by atoms with Crippen LogP contribution in [0.4, 0.5) is 5.69 Å². The van der Waals surface area contributed by atoms with Crippen LogP contribution in [-0.4, -0.2) is 11.7 Å². The van der Waals surface area contributed by atoms with Crippen LogP contribution in [0.1, 0.15) is 0 Å². The number of aromatic nitrogens is 1. The third kappa shape index (κ3) is 4.87. The summed E-state index contributed by atoms with van der Waals surface area (Å²) in [6, 6.07) is 8.70. The van der Waals surface area contributed by atoms with Crippen LogP contribution in [0.25, 0.3) is 0 Å². The van der Waals surface area contributed by atoms with Crippen molar-refractivity contribution in [3.8, 4) is 5.75 Å². The van der Waals surface area contributed by atoms with Gasteiger partial charge >= 0.3 is 0 Å². The molecule has 4 nitrogen and oxygen atoms in total. The quantitative estimate of drug-likeness (QED) is 0.363. The maximum Gasteiger partial charge on any atom is 0.155 e. The van der Waals surface area contributed by atoms with Gasteiger partial charge in [-0.05, 0) is 46.3 Å². The third-order valence-corrected chi connectivity index (χ3v) is 2.98. The largest absolute Gasteiger partial charge is 0.477 e. The van der Waals surface area contributed by atoms with Gasteiger partial charge in [0.1, 0.15) is 10.4 Å². The molecule has 0 fully saturated rings. The summed E-state index contributed by atoms with van der Waals surface area (Å²) in [5, 5.41) is 1.07. The molecule has 0 saturated carbocycles. The highest BCUT2D eigenvalue weighted by Crippen LogP contribution is 2.23. The summed E-state index contributed by atoms with van der Waals surface area (Å²) in [6.07, 6.45) is 1.69. The van der Waals surface area contributed by atoms with Crippen molar-refractivity contribution in [3.05, 3.63) is 51.2 Å². The van der Waals surface area contributed by atoms with Gasteiger partial charge in [-0.15, -0.1) is 0 Å². The number of rotatable bonds is 5. The lowest BCUT2D eigenvalue weighted by molar-refractivity contribution is 0.295. The first-order valence-electron chi connectivity index (χ1n) is 5.33. The molecule has 2 rings (SSSR count). The Balaban J connectivity index is 1.80. The van der Waals surface area contributed by atoms with E-state index in [1.54, 1.807) is 24.4 Å². The van der Waals surface area contributed by atoms with Gasteiger partial charge in [-0.1, -0.05) is 23.2 Å². The minimum Gasteiger partial charge on any atom is -0.477 e. The number of hydrogen-bond acceptors (Lipinski definition) is 4. The van der Waals surface area contributed by atoms with E-state index in [2.05, 4.69) is 31.8 Å². The zero-order valence-electron chi connectivity index (χ0n) is 9.66. The lowest BCUT2D eigenvalue weighted by Crippen LogP contribution is -2.26. The Bertz CT molecular complexity index is 548. The van der Waals surface area contributed by atoms with Gasteiger partial charge in [0.25, 0.3) is 0 Å². The number of hydrogen-bond donors (Lipinski definition) is 2. The first-order valence-corrected chi connectivity index (χ1v) is 6.88. The molecule has 0 bridgehead atoms. The van der Waals surface area contributed by atoms with E-state index in [9.17, 15) is 0 Å². The van der Waals surface area contributed by atoms with Crippen LogP contribution in [-0.2, 0) is 0 Å². The summed E-state index contributed by atoms with van der Waals surface area (Å²) >= 11 is 15.0. The molecule has 1 heterocycles. The smallest absolute Gasteiger partial charge is 0.155 e. The van der Waals surface area contributed by atoms with Gasteiger partial charge in [0.05, 0.1) is 5.69 Å². The second-order valence-electron chi connectivity index (χ2n) is 3.56. The van der Waals surface area contributed by atoms with Crippen molar-refractivity contribution in [2.75, 3.05) is 12.2 Å². The molecule has 0 radical (unpaired) electrons. The predicted molar refractivity (Wildman–Crippen MR) is 80.7 cm³/mol. The molecule has 0 amide bonds. The first-order chi connectivity index (χ1) is 9.13. The Morgan fingerprint density at radius 2 is 1.89 bits per heavy atom. The molecule has 0 aliphatic rings. The van der Waals surface area contributed by atoms with Gasteiger partial charge in [-0.2, -0.15) is 0 Å². The fourth-order valence-electron chi connectivity index (χ4n) is 1.35. The zero-order chi connectivity index (χ0) is 13.7. The number of pyridine rings is 1. The lowest BCUT2D eigenvalue weighted by atomic mass is 10.3. The molecule has 2 N–H and O–H groups in total. The summed E-state index contributed by atoms with van der Waals surface area (Å²) in [5.74, 6) is 0.600. The monoisotopic (exact) mass is 361 g/mol. The predicted octanol–water partition coefficient (Wildman–Crippen LogP) is 4.10. The molecular formula is C12H10BrCl2N3O. The highest BCUT2D eigenvalue weighted by molar-refractivity contribution is 9.10. The fourth-order valence-corrected chi connectivity index (χ4v) is 2.22. The van der Waals surface area contributed by atoms with Crippen molar-refractivity contribution in [1.82, 2.24) is 10.4 Å². The van der Waals surface area contributed by atoms with Crippen molar-refractivity contribution >= 4 is 44.8 Å². The molecule has 19 heavy (non-hydrogen) atoms. The second-order valence-corrected chi connectivity index (χ2v) is 5.25. The average Bonchev–Trinajstić information content (AvgIpc) is 2.34. The van der Waals surface area contributed by atoms with Crippen LogP contribution in [0.2, 0.25) is 10.0 Å². The van der Waals surface area contributed by atoms with Crippen LogP contribution < -0.4 is 15.6 Å². The van der Waals surface area contributed by atoms with Crippen molar-refractivity contribution < 1.29 is 4.74 Å². The van der Waals surface area contributed by atoms with Crippen LogP contribution in [0.15, 0.2) is 41.1 Å². The summed E-state index contributed by atoms with van der Waals surface area (Å²) in [5.41, 5.74) is 6.75. The normalized spacial score (nSPS) is 10.3. The zero-order valence-corrected chi connectivity index (χ0v) is 12.8. The fraction of sp³-hybridized carbons (Fsp3) is 0.0833. The highest BCUT2D eigenvalue weighted by Gasteiger charge is 1.99. The van der Waals surface area contributed by atoms with Crippen molar-refractivity contribution in [2.45, 2.75) is 0 Å². The molecule has 0 aliphatic heterocycles. The third-order valence-electron chi connectivity index (χ3n) is 2.11. The summed E-state index contributed by atoms with van der Waals surface area (Å²) in [4.78, 5) is 4.02. The van der Waals surface area contributed by atoms with E-state index >= 15 is 0 Å². The minimum absolute atomic E-state index is 0.261. The van der Waals surface area contributed by atoms with E-state index in [0.717, 1.165) is 10.3 Å². The van der Waals surface area contributed by atoms with Crippen LogP contribution in [0.3, 0.4) is 0 Å². The standard InChI is InChI=1S/C12H10BrCl2N3O/c13-12-6-10(1-2-16-12)18-17-7-19-11-4-8(14)3-9(15)5-11/h1-6,17H,7H2,(H,16,18). The summed E-state index contributed by atoms with van der Waals surface area (Å²) in [7, 11) is 0. The number of nitrogens with one attached hydrogen (secondary N) is 2. The molecule has 0 aliphatic carbocycles. The number of benzene rings is 1. The molecule has 7 heteroatoms. The molecule has 0 atom stereocenters. The number of nitrogens with zero attached hydrogens (tertiary/aromatic N) is 1. The van der Waals surface area contributed by atoms with E-state index in [0.29, 0.717) is 15.8 Å². The number of anilines is 1. The Morgan fingerprint density at radius 1 is 1.16 bits per heavy atom. The molecule has 0 spiro atoms. The first kappa shape index (κ1) is 14.4. The SMILES string of the molecule is Clc1cc(Cl)cc(OCNNc2ccnc(Br)c2)c1. The number of halogens is 3. The van der Waals surface area contributed by atoms with Gasteiger partial charge in [-0.25, -0.2) is 10.4 Å². The van der Waals surface area contributed by atoms with E-state index in [-0.39, 0.29) is 6.73 Å². The molecule has 1 aromatic heterocycles. The second kappa shape index (κ2) is 6.96. The topological polar surface area (TPSA) is 46.2 Å². The maximum atomic E-state index is 5.86. The maximum absolute atomic E-state index is 5.86. The van der Waals surface area contributed by atoms with E-state index in [4.69, 9.17) is 27.9 Å². The van der Waals surface area contributed by atoms with Crippen LogP contribution in [0.5, 0.6) is 5.75 Å². The molecule has 0 saturated heterocycles. The molecule has 1 aromatic carbocycles. The van der Waals surface area contributed by atoms with E-state index < -0.39 is 0 Å². The van der Waals surface area contributed by atoms with E-state index in [1.807, 2.05) is 12.1 Å². The van der Waals surface area contributed by atoms with Gasteiger partial charge in [-0.3, -0.25) is 0 Å². The van der Waals surface area contributed by atoms with Crippen molar-refractivity contribution in [1.29, 1.82) is 0 Å². The molecule has 0 unspecified atom stereocenters. The summed E-state index contributed by atoms with van der Waals surface area (Å²) in [6.45, 7) is 0.261. The Morgan fingerprint density at radius 3 is 2.58 bits per heavy atom. The van der Waals surface area contributed by atoms with Gasteiger partial charge in [0, 0.05) is 16.2 Å². The number of hydrazine groups is 1. The van der Waals surface area contributed by atoms with E-state index in [1.165, 1.54) is 0 Å². The van der Waals surface area contributed by atoms with Gasteiger partial charge < -0.3 is 10.2 Å².